The summed E-state index contributed by atoms with van der Waals surface area (Å²) >= 11 is 0. The van der Waals surface area contributed by atoms with Gasteiger partial charge in [0.1, 0.15) is 5.75 Å². The molecule has 22 heavy (non-hydrogen) atoms. The molecular formula is C16H25N3O3. The van der Waals surface area contributed by atoms with Crippen molar-refractivity contribution in [1.29, 1.82) is 0 Å². The van der Waals surface area contributed by atoms with Crippen LogP contribution in [0.2, 0.25) is 0 Å². The fourth-order valence-corrected chi connectivity index (χ4v) is 1.94. The van der Waals surface area contributed by atoms with Crippen LogP contribution in [-0.4, -0.2) is 49.6 Å². The molecule has 0 bridgehead atoms. The van der Waals surface area contributed by atoms with Crippen LogP contribution in [0.15, 0.2) is 24.3 Å². The summed E-state index contributed by atoms with van der Waals surface area (Å²) in [6.07, 6.45) is 0. The van der Waals surface area contributed by atoms with Crippen molar-refractivity contribution in [3.05, 3.63) is 29.8 Å². The monoisotopic (exact) mass is 307 g/mol. The van der Waals surface area contributed by atoms with Gasteiger partial charge in [0.25, 0.3) is 5.91 Å². The number of nitrogens with zero attached hydrogens (tertiary/aromatic N) is 1. The van der Waals surface area contributed by atoms with Crippen LogP contribution in [0.3, 0.4) is 0 Å². The van der Waals surface area contributed by atoms with E-state index in [1.807, 2.05) is 20.8 Å². The van der Waals surface area contributed by atoms with Crippen molar-refractivity contribution in [2.24, 2.45) is 0 Å². The first kappa shape index (κ1) is 17.8. The summed E-state index contributed by atoms with van der Waals surface area (Å²) in [5.41, 5.74) is 0.568. The predicted molar refractivity (Wildman–Crippen MR) is 86.3 cm³/mol. The van der Waals surface area contributed by atoms with Crippen molar-refractivity contribution in [2.75, 3.05) is 32.8 Å². The second kappa shape index (κ2) is 9.65. The van der Waals surface area contributed by atoms with E-state index in [-0.39, 0.29) is 11.9 Å². The smallest absolute Gasteiger partial charge is 0.317 e. The zero-order valence-electron chi connectivity index (χ0n) is 13.5. The average molecular weight is 307 g/mol. The number of amides is 3. The normalized spacial score (nSPS) is 9.95. The maximum atomic E-state index is 11.9. The van der Waals surface area contributed by atoms with E-state index in [1.54, 1.807) is 29.2 Å². The van der Waals surface area contributed by atoms with Crippen LogP contribution in [0, 0.1) is 0 Å². The first-order valence-corrected chi connectivity index (χ1v) is 7.66. The highest BCUT2D eigenvalue weighted by Crippen LogP contribution is 2.11. The van der Waals surface area contributed by atoms with Crippen LogP contribution in [-0.2, 0) is 0 Å². The summed E-state index contributed by atoms with van der Waals surface area (Å²) in [6.45, 7) is 8.48. The largest absolute Gasteiger partial charge is 0.494 e. The number of hydrogen-bond donors (Lipinski definition) is 2. The third-order valence-electron chi connectivity index (χ3n) is 3.16. The molecule has 3 amide bonds. The SMILES string of the molecule is CCOc1ccc(C(=O)NCCNC(=O)N(CC)CC)cc1. The molecule has 0 radical (unpaired) electrons. The number of rotatable bonds is 8. The number of ether oxygens (including phenoxy) is 1. The van der Waals surface area contributed by atoms with E-state index in [1.165, 1.54) is 0 Å². The number of hydrogen-bond acceptors (Lipinski definition) is 3. The van der Waals surface area contributed by atoms with Gasteiger partial charge in [0.2, 0.25) is 0 Å². The number of carbonyl (C=O) groups excluding carboxylic acids is 2. The molecule has 0 aliphatic heterocycles. The third-order valence-corrected chi connectivity index (χ3v) is 3.16. The van der Waals surface area contributed by atoms with Gasteiger partial charge in [-0.15, -0.1) is 0 Å². The van der Waals surface area contributed by atoms with Gasteiger partial charge in [0, 0.05) is 31.7 Å². The highest BCUT2D eigenvalue weighted by molar-refractivity contribution is 5.94. The highest BCUT2D eigenvalue weighted by atomic mass is 16.5. The van der Waals surface area contributed by atoms with E-state index in [0.717, 1.165) is 5.75 Å². The minimum absolute atomic E-state index is 0.111. The van der Waals surface area contributed by atoms with Crippen LogP contribution >= 0.6 is 0 Å². The van der Waals surface area contributed by atoms with Gasteiger partial charge in [-0.25, -0.2) is 4.79 Å². The van der Waals surface area contributed by atoms with Gasteiger partial charge < -0.3 is 20.3 Å². The van der Waals surface area contributed by atoms with Gasteiger partial charge in [-0.3, -0.25) is 4.79 Å². The molecule has 0 unspecified atom stereocenters. The Labute approximate surface area is 131 Å². The standard InChI is InChI=1S/C16H25N3O3/c1-4-19(5-2)16(21)18-12-11-17-15(20)13-7-9-14(10-8-13)22-6-3/h7-10H,4-6,11-12H2,1-3H3,(H,17,20)(H,18,21). The fraction of sp³-hybridized carbons (Fsp3) is 0.500. The lowest BCUT2D eigenvalue weighted by atomic mass is 10.2. The first-order chi connectivity index (χ1) is 10.6. The van der Waals surface area contributed by atoms with E-state index in [2.05, 4.69) is 10.6 Å². The molecule has 122 valence electrons. The molecule has 6 heteroatoms. The topological polar surface area (TPSA) is 70.7 Å². The van der Waals surface area contributed by atoms with E-state index < -0.39 is 0 Å². The third kappa shape index (κ3) is 5.63. The van der Waals surface area contributed by atoms with Crippen LogP contribution in [0.5, 0.6) is 5.75 Å². The molecule has 1 aromatic rings. The van der Waals surface area contributed by atoms with Gasteiger partial charge >= 0.3 is 6.03 Å². The fourth-order valence-electron chi connectivity index (χ4n) is 1.94. The molecule has 0 fully saturated rings. The lowest BCUT2D eigenvalue weighted by Crippen LogP contribution is -2.42. The summed E-state index contributed by atoms with van der Waals surface area (Å²) in [5, 5.41) is 5.54. The maximum absolute atomic E-state index is 11.9. The average Bonchev–Trinajstić information content (AvgIpc) is 2.53. The van der Waals surface area contributed by atoms with Gasteiger partial charge in [-0.2, -0.15) is 0 Å². The van der Waals surface area contributed by atoms with Crippen molar-refractivity contribution < 1.29 is 14.3 Å². The Balaban J connectivity index is 2.32. The molecule has 1 rings (SSSR count). The summed E-state index contributed by atoms with van der Waals surface area (Å²) in [4.78, 5) is 25.3. The second-order valence-corrected chi connectivity index (χ2v) is 4.62. The molecule has 0 aliphatic carbocycles. The summed E-state index contributed by atoms with van der Waals surface area (Å²) in [5.74, 6) is 0.575. The van der Waals surface area contributed by atoms with E-state index in [0.29, 0.717) is 38.3 Å². The quantitative estimate of drug-likeness (QED) is 0.720. The minimum Gasteiger partial charge on any atom is -0.494 e. The molecule has 1 aromatic carbocycles. The summed E-state index contributed by atoms with van der Waals surface area (Å²) in [7, 11) is 0. The van der Waals surface area contributed by atoms with Crippen molar-refractivity contribution in [1.82, 2.24) is 15.5 Å². The Kier molecular flexibility index (Phi) is 7.81. The van der Waals surface area contributed by atoms with Gasteiger partial charge in [0.05, 0.1) is 6.61 Å². The lowest BCUT2D eigenvalue weighted by molar-refractivity contribution is 0.0953. The molecule has 0 saturated heterocycles. The molecule has 0 heterocycles. The minimum atomic E-state index is -0.167. The Morgan fingerprint density at radius 1 is 1.00 bits per heavy atom. The number of nitrogens with one attached hydrogen (secondary N) is 2. The predicted octanol–water partition coefficient (Wildman–Crippen LogP) is 1.87. The van der Waals surface area contributed by atoms with Crippen LogP contribution < -0.4 is 15.4 Å². The Morgan fingerprint density at radius 3 is 2.14 bits per heavy atom. The van der Waals surface area contributed by atoms with Gasteiger partial charge in [-0.05, 0) is 45.0 Å². The molecule has 6 nitrogen and oxygen atoms in total. The highest BCUT2D eigenvalue weighted by Gasteiger charge is 2.08. The molecule has 2 N–H and O–H groups in total. The van der Waals surface area contributed by atoms with Crippen LogP contribution in [0.25, 0.3) is 0 Å². The molecule has 0 aliphatic rings. The first-order valence-electron chi connectivity index (χ1n) is 7.66. The summed E-state index contributed by atoms with van der Waals surface area (Å²) < 4.78 is 5.33. The molecule has 0 aromatic heterocycles. The molecule has 0 saturated carbocycles. The van der Waals surface area contributed by atoms with Gasteiger partial charge in [-0.1, -0.05) is 0 Å². The molecule has 0 spiro atoms. The Hall–Kier alpha value is -2.24. The van der Waals surface area contributed by atoms with E-state index in [4.69, 9.17) is 4.74 Å². The van der Waals surface area contributed by atoms with Gasteiger partial charge in [0.15, 0.2) is 0 Å². The summed E-state index contributed by atoms with van der Waals surface area (Å²) in [6, 6.07) is 6.85. The zero-order chi connectivity index (χ0) is 16.4. The van der Waals surface area contributed by atoms with Crippen molar-refractivity contribution in [3.63, 3.8) is 0 Å². The van der Waals surface area contributed by atoms with Crippen LogP contribution in [0.4, 0.5) is 4.79 Å². The van der Waals surface area contributed by atoms with E-state index >= 15 is 0 Å². The number of carbonyl (C=O) groups is 2. The molecule has 0 atom stereocenters. The molecular weight excluding hydrogens is 282 g/mol. The van der Waals surface area contributed by atoms with Crippen molar-refractivity contribution in [2.45, 2.75) is 20.8 Å². The lowest BCUT2D eigenvalue weighted by Gasteiger charge is -2.19. The van der Waals surface area contributed by atoms with Crippen molar-refractivity contribution >= 4 is 11.9 Å². The van der Waals surface area contributed by atoms with Crippen molar-refractivity contribution in [3.8, 4) is 5.75 Å². The Morgan fingerprint density at radius 2 is 1.59 bits per heavy atom. The Bertz CT molecular complexity index is 470. The van der Waals surface area contributed by atoms with Crippen LogP contribution in [0.1, 0.15) is 31.1 Å². The number of urea groups is 1. The number of benzene rings is 1. The van der Waals surface area contributed by atoms with E-state index in [9.17, 15) is 9.59 Å². The second-order valence-electron chi connectivity index (χ2n) is 4.62. The maximum Gasteiger partial charge on any atom is 0.317 e. The zero-order valence-corrected chi connectivity index (χ0v) is 13.5.